The number of hydrogen-bond donors (Lipinski definition) is 2. The Hall–Kier alpha value is -1.21. The second-order valence-corrected chi connectivity index (χ2v) is 5.28. The van der Waals surface area contributed by atoms with E-state index in [0.29, 0.717) is 11.4 Å². The van der Waals surface area contributed by atoms with E-state index in [2.05, 4.69) is 10.6 Å². The topological polar surface area (TPSA) is 41.1 Å². The van der Waals surface area contributed by atoms with Crippen LogP contribution in [0.25, 0.3) is 0 Å². The molecule has 1 fully saturated rings. The Balaban J connectivity index is 1.93. The number of hydrogen-bond acceptors (Lipinski definition) is 3. The minimum atomic E-state index is -4.21. The van der Waals surface area contributed by atoms with E-state index >= 15 is 0 Å². The van der Waals surface area contributed by atoms with Crippen molar-refractivity contribution in [2.24, 2.45) is 0 Å². The summed E-state index contributed by atoms with van der Waals surface area (Å²) in [6.07, 6.45) is -5.17. The standard InChI is InChI=1S/C12H13F3N2OS/c13-12(14,15)5-8-1-3-9(4-2-8)17-11(18)10-6-19-7-16-10/h1-4,10,16H,5-7H2,(H,17,18)/t10-/m1/s1. The summed E-state index contributed by atoms with van der Waals surface area (Å²) >= 11 is 1.63. The first-order valence-electron chi connectivity index (χ1n) is 5.72. The highest BCUT2D eigenvalue weighted by Crippen LogP contribution is 2.22. The molecule has 0 bridgehead atoms. The zero-order valence-electron chi connectivity index (χ0n) is 9.96. The van der Waals surface area contributed by atoms with E-state index in [4.69, 9.17) is 0 Å². The van der Waals surface area contributed by atoms with Crippen LogP contribution in [0.4, 0.5) is 18.9 Å². The fraction of sp³-hybridized carbons (Fsp3) is 0.417. The molecule has 7 heteroatoms. The summed E-state index contributed by atoms with van der Waals surface area (Å²) in [7, 11) is 0. The number of amides is 1. The monoisotopic (exact) mass is 290 g/mol. The minimum Gasteiger partial charge on any atom is -0.325 e. The smallest absolute Gasteiger partial charge is 0.325 e. The van der Waals surface area contributed by atoms with Crippen LogP contribution >= 0.6 is 11.8 Å². The van der Waals surface area contributed by atoms with Crippen molar-refractivity contribution in [3.63, 3.8) is 0 Å². The van der Waals surface area contributed by atoms with Gasteiger partial charge in [-0.25, -0.2) is 0 Å². The van der Waals surface area contributed by atoms with Gasteiger partial charge in [-0.3, -0.25) is 10.1 Å². The second-order valence-electron chi connectivity index (χ2n) is 4.25. The molecule has 3 nitrogen and oxygen atoms in total. The molecule has 0 aromatic heterocycles. The van der Waals surface area contributed by atoms with Gasteiger partial charge in [-0.05, 0) is 17.7 Å². The molecule has 2 N–H and O–H groups in total. The van der Waals surface area contributed by atoms with Gasteiger partial charge in [0, 0.05) is 17.3 Å². The first-order valence-corrected chi connectivity index (χ1v) is 6.87. The van der Waals surface area contributed by atoms with Crippen molar-refractivity contribution in [2.75, 3.05) is 16.9 Å². The van der Waals surface area contributed by atoms with Crippen LogP contribution in [0.1, 0.15) is 5.56 Å². The van der Waals surface area contributed by atoms with Gasteiger partial charge in [0.15, 0.2) is 0 Å². The number of halogens is 3. The molecular weight excluding hydrogens is 277 g/mol. The molecule has 1 aromatic carbocycles. The summed E-state index contributed by atoms with van der Waals surface area (Å²) < 4.78 is 36.5. The van der Waals surface area contributed by atoms with Gasteiger partial charge in [-0.2, -0.15) is 13.2 Å². The molecule has 1 heterocycles. The molecule has 0 spiro atoms. The summed E-state index contributed by atoms with van der Waals surface area (Å²) in [5, 5.41) is 5.70. The number of carbonyl (C=O) groups excluding carboxylic acids is 1. The molecular formula is C12H13F3N2OS. The molecule has 1 aliphatic heterocycles. The summed E-state index contributed by atoms with van der Waals surface area (Å²) in [4.78, 5) is 11.8. The van der Waals surface area contributed by atoms with Crippen LogP contribution in [0.2, 0.25) is 0 Å². The first-order chi connectivity index (χ1) is 8.94. The van der Waals surface area contributed by atoms with Gasteiger partial charge >= 0.3 is 6.18 Å². The van der Waals surface area contributed by atoms with Gasteiger partial charge in [-0.15, -0.1) is 11.8 Å². The van der Waals surface area contributed by atoms with Crippen molar-refractivity contribution in [1.29, 1.82) is 0 Å². The van der Waals surface area contributed by atoms with Crippen molar-refractivity contribution >= 4 is 23.4 Å². The molecule has 19 heavy (non-hydrogen) atoms. The van der Waals surface area contributed by atoms with Gasteiger partial charge in [0.2, 0.25) is 5.91 Å². The largest absolute Gasteiger partial charge is 0.393 e. The van der Waals surface area contributed by atoms with E-state index in [1.54, 1.807) is 11.8 Å². The average molecular weight is 290 g/mol. The lowest BCUT2D eigenvalue weighted by Crippen LogP contribution is -2.37. The molecule has 1 atom stereocenters. The van der Waals surface area contributed by atoms with Crippen LogP contribution in [0.15, 0.2) is 24.3 Å². The molecule has 1 aromatic rings. The van der Waals surface area contributed by atoms with Crippen LogP contribution in [0, 0.1) is 0 Å². The van der Waals surface area contributed by atoms with Gasteiger partial charge in [-0.1, -0.05) is 12.1 Å². The number of rotatable bonds is 3. The zero-order valence-corrected chi connectivity index (χ0v) is 10.8. The fourth-order valence-corrected chi connectivity index (χ4v) is 2.67. The number of nitrogens with one attached hydrogen (secondary N) is 2. The summed E-state index contributed by atoms with van der Waals surface area (Å²) in [5.74, 6) is 1.29. The van der Waals surface area contributed by atoms with E-state index < -0.39 is 12.6 Å². The highest BCUT2D eigenvalue weighted by atomic mass is 32.2. The molecule has 0 saturated carbocycles. The lowest BCUT2D eigenvalue weighted by molar-refractivity contribution is -0.127. The van der Waals surface area contributed by atoms with Crippen LogP contribution in [-0.2, 0) is 11.2 Å². The Morgan fingerprint density at radius 2 is 2.05 bits per heavy atom. The van der Waals surface area contributed by atoms with Crippen molar-refractivity contribution in [3.05, 3.63) is 29.8 Å². The van der Waals surface area contributed by atoms with E-state index in [-0.39, 0.29) is 17.5 Å². The number of benzene rings is 1. The molecule has 1 aliphatic rings. The molecule has 0 aliphatic carbocycles. The Morgan fingerprint density at radius 1 is 1.37 bits per heavy atom. The van der Waals surface area contributed by atoms with E-state index in [1.807, 2.05) is 0 Å². The first kappa shape index (κ1) is 14.2. The summed E-state index contributed by atoms with van der Waals surface area (Å²) in [6, 6.07) is 5.49. The quantitative estimate of drug-likeness (QED) is 0.898. The van der Waals surface area contributed by atoms with Crippen molar-refractivity contribution in [1.82, 2.24) is 5.32 Å². The maximum atomic E-state index is 12.2. The zero-order chi connectivity index (χ0) is 13.9. The normalized spacial score (nSPS) is 19.4. The minimum absolute atomic E-state index is 0.159. The van der Waals surface area contributed by atoms with Crippen molar-refractivity contribution in [3.8, 4) is 0 Å². The highest BCUT2D eigenvalue weighted by molar-refractivity contribution is 7.99. The number of anilines is 1. The lowest BCUT2D eigenvalue weighted by Gasteiger charge is -2.11. The fourth-order valence-electron chi connectivity index (χ4n) is 1.73. The van der Waals surface area contributed by atoms with Crippen molar-refractivity contribution in [2.45, 2.75) is 18.6 Å². The van der Waals surface area contributed by atoms with Gasteiger partial charge < -0.3 is 5.32 Å². The molecule has 2 rings (SSSR count). The van der Waals surface area contributed by atoms with Gasteiger partial charge in [0.05, 0.1) is 12.5 Å². The molecule has 104 valence electrons. The maximum Gasteiger partial charge on any atom is 0.393 e. The Morgan fingerprint density at radius 3 is 2.58 bits per heavy atom. The van der Waals surface area contributed by atoms with Crippen LogP contribution in [0.5, 0.6) is 0 Å². The van der Waals surface area contributed by atoms with E-state index in [0.717, 1.165) is 5.88 Å². The van der Waals surface area contributed by atoms with E-state index in [1.165, 1.54) is 24.3 Å². The number of thioether (sulfide) groups is 1. The van der Waals surface area contributed by atoms with Crippen LogP contribution in [-0.4, -0.2) is 29.8 Å². The van der Waals surface area contributed by atoms with Gasteiger partial charge in [0.25, 0.3) is 0 Å². The summed E-state index contributed by atoms with van der Waals surface area (Å²) in [5.41, 5.74) is 0.690. The Kier molecular flexibility index (Phi) is 4.36. The van der Waals surface area contributed by atoms with Crippen LogP contribution in [0.3, 0.4) is 0 Å². The van der Waals surface area contributed by atoms with E-state index in [9.17, 15) is 18.0 Å². The Labute approximate surface area is 112 Å². The summed E-state index contributed by atoms with van der Waals surface area (Å²) in [6.45, 7) is 0. The third kappa shape index (κ3) is 4.43. The highest BCUT2D eigenvalue weighted by Gasteiger charge is 2.27. The third-order valence-electron chi connectivity index (χ3n) is 2.66. The van der Waals surface area contributed by atoms with Gasteiger partial charge in [0.1, 0.15) is 0 Å². The number of alkyl halides is 3. The molecule has 1 saturated heterocycles. The SMILES string of the molecule is O=C(Nc1ccc(CC(F)(F)F)cc1)[C@H]1CSCN1. The predicted octanol–water partition coefficient (Wildman–Crippen LogP) is 2.39. The third-order valence-corrected chi connectivity index (χ3v) is 3.60. The maximum absolute atomic E-state index is 12.2. The molecule has 0 unspecified atom stereocenters. The van der Waals surface area contributed by atoms with Crippen LogP contribution < -0.4 is 10.6 Å². The number of carbonyl (C=O) groups is 1. The Bertz CT molecular complexity index is 441. The second kappa shape index (κ2) is 5.83. The average Bonchev–Trinajstić information content (AvgIpc) is 2.83. The lowest BCUT2D eigenvalue weighted by atomic mass is 10.1. The molecule has 0 radical (unpaired) electrons. The van der Waals surface area contributed by atoms with Crippen molar-refractivity contribution < 1.29 is 18.0 Å². The predicted molar refractivity (Wildman–Crippen MR) is 69.1 cm³/mol. The molecule has 1 amide bonds.